The lowest BCUT2D eigenvalue weighted by Gasteiger charge is -2.14. The van der Waals surface area contributed by atoms with Crippen molar-refractivity contribution in [3.8, 4) is 0 Å². The van der Waals surface area contributed by atoms with Crippen molar-refractivity contribution < 1.29 is 9.53 Å². The first kappa shape index (κ1) is 13.0. The molecule has 0 saturated carbocycles. The van der Waals surface area contributed by atoms with Crippen LogP contribution in [0.5, 0.6) is 0 Å². The molecule has 0 bridgehead atoms. The van der Waals surface area contributed by atoms with Crippen molar-refractivity contribution in [2.45, 2.75) is 6.92 Å². The second-order valence-corrected chi connectivity index (χ2v) is 4.20. The van der Waals surface area contributed by atoms with Gasteiger partial charge in [0, 0.05) is 5.69 Å². The summed E-state index contributed by atoms with van der Waals surface area (Å²) in [5.74, 6) is -0.414. The maximum atomic E-state index is 11.7. The summed E-state index contributed by atoms with van der Waals surface area (Å²) >= 11 is 0. The van der Waals surface area contributed by atoms with Gasteiger partial charge in [-0.05, 0) is 30.7 Å². The van der Waals surface area contributed by atoms with Crippen molar-refractivity contribution >= 4 is 23.0 Å². The number of methoxy groups -OCH3 is 1. The molecule has 4 heteroatoms. The number of carbonyl (C=O) groups is 1. The second kappa shape index (κ2) is 5.44. The van der Waals surface area contributed by atoms with Gasteiger partial charge in [0.25, 0.3) is 0 Å². The van der Waals surface area contributed by atoms with Gasteiger partial charge in [0.15, 0.2) is 0 Å². The van der Waals surface area contributed by atoms with Crippen LogP contribution in [-0.4, -0.2) is 13.1 Å². The fourth-order valence-corrected chi connectivity index (χ4v) is 1.84. The molecule has 2 aromatic rings. The van der Waals surface area contributed by atoms with Crippen LogP contribution in [0.4, 0.5) is 17.1 Å². The number of nitrogens with two attached hydrogens (primary N) is 1. The molecule has 0 radical (unpaired) electrons. The van der Waals surface area contributed by atoms with Gasteiger partial charge in [0.2, 0.25) is 0 Å². The van der Waals surface area contributed by atoms with Gasteiger partial charge in [-0.25, -0.2) is 4.79 Å². The molecular weight excluding hydrogens is 240 g/mol. The second-order valence-electron chi connectivity index (χ2n) is 4.20. The Hall–Kier alpha value is -2.49. The predicted octanol–water partition coefficient (Wildman–Crippen LogP) is 3.11. The third kappa shape index (κ3) is 2.68. The predicted molar refractivity (Wildman–Crippen MR) is 76.7 cm³/mol. The van der Waals surface area contributed by atoms with Gasteiger partial charge in [-0.3, -0.25) is 0 Å². The fraction of sp³-hybridized carbons (Fsp3) is 0.133. The van der Waals surface area contributed by atoms with Crippen molar-refractivity contribution in [1.29, 1.82) is 0 Å². The Bertz CT molecular complexity index is 609. The van der Waals surface area contributed by atoms with E-state index in [4.69, 9.17) is 10.5 Å². The van der Waals surface area contributed by atoms with E-state index in [-0.39, 0.29) is 0 Å². The minimum absolute atomic E-state index is 0.414. The van der Waals surface area contributed by atoms with Crippen molar-refractivity contribution in [2.75, 3.05) is 18.2 Å². The molecule has 2 rings (SSSR count). The average Bonchev–Trinajstić information content (AvgIpc) is 2.42. The Balaban J connectivity index is 2.45. The van der Waals surface area contributed by atoms with E-state index in [0.717, 1.165) is 11.3 Å². The SMILES string of the molecule is COC(=O)c1cccc(N)c1Nc1ccccc1C. The molecule has 3 N–H and O–H groups in total. The van der Waals surface area contributed by atoms with Gasteiger partial charge in [0.1, 0.15) is 0 Å². The number of carbonyl (C=O) groups excluding carboxylic acids is 1. The van der Waals surface area contributed by atoms with Crippen LogP contribution in [0.15, 0.2) is 42.5 Å². The molecule has 2 aromatic carbocycles. The van der Waals surface area contributed by atoms with Gasteiger partial charge in [-0.15, -0.1) is 0 Å². The first-order valence-corrected chi connectivity index (χ1v) is 5.93. The smallest absolute Gasteiger partial charge is 0.340 e. The molecule has 0 aliphatic heterocycles. The molecule has 0 aromatic heterocycles. The lowest BCUT2D eigenvalue weighted by Crippen LogP contribution is -2.08. The van der Waals surface area contributed by atoms with Crippen LogP contribution in [0, 0.1) is 6.92 Å². The Morgan fingerprint density at radius 2 is 1.89 bits per heavy atom. The van der Waals surface area contributed by atoms with Gasteiger partial charge >= 0.3 is 5.97 Å². The van der Waals surface area contributed by atoms with E-state index in [2.05, 4.69) is 5.32 Å². The van der Waals surface area contributed by atoms with Crippen LogP contribution in [0.3, 0.4) is 0 Å². The van der Waals surface area contributed by atoms with E-state index in [1.807, 2.05) is 31.2 Å². The zero-order chi connectivity index (χ0) is 13.8. The summed E-state index contributed by atoms with van der Waals surface area (Å²) in [4.78, 5) is 11.7. The summed E-state index contributed by atoms with van der Waals surface area (Å²) in [6.45, 7) is 1.99. The molecule has 0 spiro atoms. The number of esters is 1. The molecule has 19 heavy (non-hydrogen) atoms. The molecule has 0 atom stereocenters. The van der Waals surface area contributed by atoms with Gasteiger partial charge in [-0.2, -0.15) is 0 Å². The lowest BCUT2D eigenvalue weighted by atomic mass is 10.1. The van der Waals surface area contributed by atoms with E-state index in [9.17, 15) is 4.79 Å². The highest BCUT2D eigenvalue weighted by Gasteiger charge is 2.14. The monoisotopic (exact) mass is 256 g/mol. The standard InChI is InChI=1S/C15H16N2O2/c1-10-6-3-4-9-13(10)17-14-11(15(18)19-2)7-5-8-12(14)16/h3-9,17H,16H2,1-2H3. The normalized spacial score (nSPS) is 10.0. The van der Waals surface area contributed by atoms with Crippen LogP contribution >= 0.6 is 0 Å². The maximum absolute atomic E-state index is 11.7. The number of aryl methyl sites for hydroxylation is 1. The van der Waals surface area contributed by atoms with E-state index < -0.39 is 5.97 Å². The van der Waals surface area contributed by atoms with Crippen molar-refractivity contribution in [3.05, 3.63) is 53.6 Å². The molecule has 0 unspecified atom stereocenters. The lowest BCUT2D eigenvalue weighted by molar-refractivity contribution is 0.0602. The summed E-state index contributed by atoms with van der Waals surface area (Å²) < 4.78 is 4.77. The number of nitrogen functional groups attached to an aromatic ring is 1. The number of anilines is 3. The zero-order valence-corrected chi connectivity index (χ0v) is 10.9. The van der Waals surface area contributed by atoms with E-state index in [1.165, 1.54) is 7.11 Å². The highest BCUT2D eigenvalue weighted by atomic mass is 16.5. The zero-order valence-electron chi connectivity index (χ0n) is 10.9. The third-order valence-electron chi connectivity index (χ3n) is 2.91. The summed E-state index contributed by atoms with van der Waals surface area (Å²) in [7, 11) is 1.35. The van der Waals surface area contributed by atoms with E-state index >= 15 is 0 Å². The van der Waals surface area contributed by atoms with Crippen LogP contribution < -0.4 is 11.1 Å². The molecule has 4 nitrogen and oxygen atoms in total. The molecule has 0 saturated heterocycles. The average molecular weight is 256 g/mol. The molecule has 0 heterocycles. The van der Waals surface area contributed by atoms with Crippen LogP contribution in [-0.2, 0) is 4.74 Å². The Morgan fingerprint density at radius 3 is 2.58 bits per heavy atom. The summed E-state index contributed by atoms with van der Waals surface area (Å²) in [5.41, 5.74) is 9.42. The number of nitrogens with one attached hydrogen (secondary N) is 1. The first-order valence-electron chi connectivity index (χ1n) is 5.93. The van der Waals surface area contributed by atoms with Gasteiger partial charge < -0.3 is 15.8 Å². The first-order chi connectivity index (χ1) is 9.13. The van der Waals surface area contributed by atoms with Gasteiger partial charge in [0.05, 0.1) is 24.0 Å². The van der Waals surface area contributed by atoms with Crippen LogP contribution in [0.1, 0.15) is 15.9 Å². The Morgan fingerprint density at radius 1 is 1.16 bits per heavy atom. The summed E-state index contributed by atoms with van der Waals surface area (Å²) in [6.07, 6.45) is 0. The minimum atomic E-state index is -0.414. The molecular formula is C15H16N2O2. The number of hydrogen-bond acceptors (Lipinski definition) is 4. The number of rotatable bonds is 3. The Kier molecular flexibility index (Phi) is 3.71. The minimum Gasteiger partial charge on any atom is -0.465 e. The van der Waals surface area contributed by atoms with E-state index in [1.54, 1.807) is 18.2 Å². The third-order valence-corrected chi connectivity index (χ3v) is 2.91. The quantitative estimate of drug-likeness (QED) is 0.654. The summed E-state index contributed by atoms with van der Waals surface area (Å²) in [5, 5.41) is 3.20. The Labute approximate surface area is 112 Å². The van der Waals surface area contributed by atoms with Crippen LogP contribution in [0.25, 0.3) is 0 Å². The number of hydrogen-bond donors (Lipinski definition) is 2. The highest BCUT2D eigenvalue weighted by molar-refractivity contribution is 6.00. The van der Waals surface area contributed by atoms with Crippen LogP contribution in [0.2, 0.25) is 0 Å². The number of benzene rings is 2. The molecule has 0 aliphatic carbocycles. The summed E-state index contributed by atoms with van der Waals surface area (Å²) in [6, 6.07) is 12.9. The largest absolute Gasteiger partial charge is 0.465 e. The topological polar surface area (TPSA) is 64.3 Å². The molecule has 0 fully saturated rings. The molecule has 98 valence electrons. The molecule has 0 amide bonds. The maximum Gasteiger partial charge on any atom is 0.340 e. The van der Waals surface area contributed by atoms with Crippen molar-refractivity contribution in [1.82, 2.24) is 0 Å². The highest BCUT2D eigenvalue weighted by Crippen LogP contribution is 2.29. The van der Waals surface area contributed by atoms with E-state index in [0.29, 0.717) is 16.9 Å². The number of para-hydroxylation sites is 2. The van der Waals surface area contributed by atoms with Crippen molar-refractivity contribution in [3.63, 3.8) is 0 Å². The fourth-order valence-electron chi connectivity index (χ4n) is 1.84. The number of ether oxygens (including phenoxy) is 1. The van der Waals surface area contributed by atoms with Gasteiger partial charge in [-0.1, -0.05) is 24.3 Å². The molecule has 0 aliphatic rings. The van der Waals surface area contributed by atoms with Crippen molar-refractivity contribution in [2.24, 2.45) is 0 Å².